The van der Waals surface area contributed by atoms with Crippen LogP contribution in [0.5, 0.6) is 0 Å². The van der Waals surface area contributed by atoms with Crippen molar-refractivity contribution in [3.05, 3.63) is 21.6 Å². The molecule has 2 saturated carbocycles. The van der Waals surface area contributed by atoms with E-state index in [0.717, 1.165) is 51.4 Å². The van der Waals surface area contributed by atoms with Gasteiger partial charge in [0, 0.05) is 22.7 Å². The van der Waals surface area contributed by atoms with Crippen molar-refractivity contribution >= 4 is 23.2 Å². The van der Waals surface area contributed by atoms with Gasteiger partial charge in [-0.25, -0.2) is 0 Å². The monoisotopic (exact) mass is 529 g/mol. The van der Waals surface area contributed by atoms with E-state index in [2.05, 4.69) is 32.4 Å². The van der Waals surface area contributed by atoms with Crippen LogP contribution in [-0.2, 0) is 21.1 Å². The quantitative estimate of drug-likeness (QED) is 0.214. The molecule has 0 aromatic heterocycles. The molecule has 0 aliphatic heterocycles. The summed E-state index contributed by atoms with van der Waals surface area (Å²) in [5, 5.41) is 48.5. The number of hydrogen-bond acceptors (Lipinski definition) is 8. The molecule has 2 aliphatic rings. The maximum absolute atomic E-state index is 10.3. The van der Waals surface area contributed by atoms with Crippen LogP contribution in [0.2, 0.25) is 0 Å². The first-order chi connectivity index (χ1) is 11.8. The smallest absolute Gasteiger partial charge is 0.792 e. The van der Waals surface area contributed by atoms with Crippen LogP contribution in [0.4, 0.5) is 0 Å². The SMILES string of the molecule is [O-]/N=C1\CCCCCC1=C=NO.[O-]N=C=C1CCCCC/C1=N\O.[Pt+2]. The molecule has 0 saturated heterocycles. The second kappa shape index (κ2) is 14.5. The van der Waals surface area contributed by atoms with Crippen LogP contribution in [0.3, 0.4) is 0 Å². The summed E-state index contributed by atoms with van der Waals surface area (Å²) >= 11 is 0. The van der Waals surface area contributed by atoms with Gasteiger partial charge in [0.1, 0.15) is 0 Å². The third-order valence-electron chi connectivity index (χ3n) is 3.97. The minimum atomic E-state index is 0. The van der Waals surface area contributed by atoms with Gasteiger partial charge in [0.15, 0.2) is 0 Å². The van der Waals surface area contributed by atoms with Gasteiger partial charge < -0.3 is 26.0 Å². The summed E-state index contributed by atoms with van der Waals surface area (Å²) in [6.45, 7) is 0. The fraction of sp³-hybridized carbons (Fsp3) is 0.625. The molecule has 0 radical (unpaired) electrons. The second-order valence-electron chi connectivity index (χ2n) is 5.58. The largest absolute Gasteiger partial charge is 2.00 e. The van der Waals surface area contributed by atoms with Gasteiger partial charge in [0.25, 0.3) is 0 Å². The van der Waals surface area contributed by atoms with Crippen LogP contribution in [-0.4, -0.2) is 33.6 Å². The molecule has 140 valence electrons. The first kappa shape index (κ1) is 23.1. The first-order valence-electron chi connectivity index (χ1n) is 8.07. The normalized spacial score (nSPS) is 20.8. The number of hydrogen-bond donors (Lipinski definition) is 2. The summed E-state index contributed by atoms with van der Waals surface area (Å²) in [5.41, 5.74) is 2.37. The Morgan fingerprint density at radius 2 is 1.24 bits per heavy atom. The topological polar surface area (TPSA) is 136 Å². The standard InChI is InChI=1S/2C8H12N2O2.Pt/c2*11-9-6-7-4-2-1-3-5-8(7)10-12;/h2*11-12H,1-5H2;/q;;+2/p-2/b2*10-8+;. The number of nitrogens with zero attached hydrogens (tertiary/aromatic N) is 4. The molecule has 25 heavy (non-hydrogen) atoms. The molecule has 0 amide bonds. The molecule has 0 aromatic carbocycles. The van der Waals surface area contributed by atoms with Crippen LogP contribution in [0.1, 0.15) is 64.2 Å². The summed E-state index contributed by atoms with van der Waals surface area (Å²) in [6.07, 6.45) is 9.08. The molecule has 8 nitrogen and oxygen atoms in total. The summed E-state index contributed by atoms with van der Waals surface area (Å²) in [5.74, 6) is 4.71. The average Bonchev–Trinajstić information content (AvgIpc) is 2.96. The van der Waals surface area contributed by atoms with Crippen molar-refractivity contribution < 1.29 is 31.5 Å². The van der Waals surface area contributed by atoms with E-state index in [0.29, 0.717) is 35.4 Å². The van der Waals surface area contributed by atoms with Crippen LogP contribution in [0.25, 0.3) is 0 Å². The maximum atomic E-state index is 10.3. The van der Waals surface area contributed by atoms with Crippen LogP contribution in [0, 0.1) is 10.4 Å². The Hall–Kier alpha value is -1.87. The molecule has 0 aromatic rings. The third kappa shape index (κ3) is 8.69. The van der Waals surface area contributed by atoms with Gasteiger partial charge in [-0.05, 0) is 62.4 Å². The van der Waals surface area contributed by atoms with E-state index >= 15 is 0 Å². The fourth-order valence-corrected chi connectivity index (χ4v) is 2.70. The Morgan fingerprint density at radius 1 is 0.720 bits per heavy atom. The molecule has 0 unspecified atom stereocenters. The molecule has 0 bridgehead atoms. The van der Waals surface area contributed by atoms with Crippen LogP contribution in [0.15, 0.2) is 31.8 Å². The van der Waals surface area contributed by atoms with E-state index in [1.54, 1.807) is 0 Å². The molecule has 0 atom stereocenters. The Kier molecular flexibility index (Phi) is 13.4. The molecule has 2 rings (SSSR count). The number of oxime groups is 1. The summed E-state index contributed by atoms with van der Waals surface area (Å²) in [7, 11) is 0. The fourth-order valence-electron chi connectivity index (χ4n) is 2.70. The van der Waals surface area contributed by atoms with Crippen LogP contribution >= 0.6 is 0 Å². The summed E-state index contributed by atoms with van der Waals surface area (Å²) < 4.78 is 0. The van der Waals surface area contributed by atoms with Gasteiger partial charge in [0.05, 0.1) is 5.71 Å². The van der Waals surface area contributed by atoms with Gasteiger partial charge in [0.2, 0.25) is 0 Å². The third-order valence-corrected chi connectivity index (χ3v) is 3.97. The maximum Gasteiger partial charge on any atom is 2.00 e. The first-order valence-corrected chi connectivity index (χ1v) is 8.07. The molecular formula is C16H22N4O4Pt. The van der Waals surface area contributed by atoms with Gasteiger partial charge in [-0.2, -0.15) is 0 Å². The molecule has 0 heterocycles. The van der Waals surface area contributed by atoms with Crippen molar-refractivity contribution in [1.82, 2.24) is 0 Å². The molecule has 2 N–H and O–H groups in total. The van der Waals surface area contributed by atoms with E-state index in [9.17, 15) is 10.4 Å². The molecule has 0 spiro atoms. The Balaban J connectivity index is 0.000000443. The predicted molar refractivity (Wildman–Crippen MR) is 93.2 cm³/mol. The minimum Gasteiger partial charge on any atom is -0.792 e. The average molecular weight is 529 g/mol. The zero-order chi connectivity index (χ0) is 17.6. The van der Waals surface area contributed by atoms with Crippen molar-refractivity contribution in [2.75, 3.05) is 0 Å². The van der Waals surface area contributed by atoms with Gasteiger partial charge in [-0.15, -0.1) is 0 Å². The Morgan fingerprint density at radius 3 is 1.72 bits per heavy atom. The van der Waals surface area contributed by atoms with Crippen molar-refractivity contribution in [2.24, 2.45) is 20.6 Å². The molecular weight excluding hydrogens is 507 g/mol. The molecule has 2 fully saturated rings. The zero-order valence-corrected chi connectivity index (χ0v) is 16.2. The number of allylic oxidation sites excluding steroid dienone is 2. The van der Waals surface area contributed by atoms with E-state index < -0.39 is 0 Å². The summed E-state index contributed by atoms with van der Waals surface area (Å²) in [4.78, 5) is 0. The predicted octanol–water partition coefficient (Wildman–Crippen LogP) is 3.75. The number of rotatable bonds is 0. The molecule has 9 heteroatoms. The molecule has 2 aliphatic carbocycles. The minimum absolute atomic E-state index is 0. The van der Waals surface area contributed by atoms with Crippen molar-refractivity contribution in [2.45, 2.75) is 64.2 Å². The van der Waals surface area contributed by atoms with E-state index in [-0.39, 0.29) is 21.1 Å². The summed E-state index contributed by atoms with van der Waals surface area (Å²) in [6, 6.07) is 0. The van der Waals surface area contributed by atoms with E-state index in [4.69, 9.17) is 10.4 Å². The zero-order valence-electron chi connectivity index (χ0n) is 13.9. The van der Waals surface area contributed by atoms with Crippen LogP contribution < -0.4 is 0 Å². The Bertz CT molecular complexity index is 537. The second-order valence-corrected chi connectivity index (χ2v) is 5.58. The van der Waals surface area contributed by atoms with E-state index in [1.807, 2.05) is 0 Å². The van der Waals surface area contributed by atoms with Crippen molar-refractivity contribution in [3.8, 4) is 0 Å². The van der Waals surface area contributed by atoms with Crippen molar-refractivity contribution in [1.29, 1.82) is 0 Å². The van der Waals surface area contributed by atoms with Gasteiger partial charge >= 0.3 is 21.1 Å². The Labute approximate surface area is 161 Å². The van der Waals surface area contributed by atoms with Gasteiger partial charge in [-0.3, -0.25) is 5.16 Å². The van der Waals surface area contributed by atoms with Gasteiger partial charge in [-0.1, -0.05) is 18.0 Å². The van der Waals surface area contributed by atoms with Crippen molar-refractivity contribution in [3.63, 3.8) is 0 Å². The van der Waals surface area contributed by atoms with E-state index in [1.165, 1.54) is 0 Å².